The first-order valence-electron chi connectivity index (χ1n) is 5.01. The molecular formula is C11H13BrClNS. The van der Waals surface area contributed by atoms with Crippen LogP contribution in [-0.2, 0) is 6.42 Å². The van der Waals surface area contributed by atoms with E-state index in [1.165, 1.54) is 33.5 Å². The van der Waals surface area contributed by atoms with E-state index in [4.69, 9.17) is 11.6 Å². The van der Waals surface area contributed by atoms with Gasteiger partial charge in [-0.25, -0.2) is 0 Å². The summed E-state index contributed by atoms with van der Waals surface area (Å²) in [5.74, 6) is 0. The maximum Gasteiger partial charge on any atom is 0.0704 e. The number of hydrogen-bond donors (Lipinski definition) is 1. The lowest BCUT2D eigenvalue weighted by Gasteiger charge is -2.23. The van der Waals surface area contributed by atoms with E-state index in [0.29, 0.717) is 17.6 Å². The van der Waals surface area contributed by atoms with Crippen molar-refractivity contribution in [2.75, 3.05) is 6.54 Å². The molecule has 0 amide bonds. The molecule has 0 saturated heterocycles. The minimum atomic E-state index is 0.451. The molecule has 15 heavy (non-hydrogen) atoms. The molecule has 1 nitrogen and oxygen atoms in total. The van der Waals surface area contributed by atoms with E-state index >= 15 is 0 Å². The van der Waals surface area contributed by atoms with Crippen molar-refractivity contribution >= 4 is 38.9 Å². The molecule has 1 atom stereocenters. The van der Waals surface area contributed by atoms with Crippen molar-refractivity contribution in [3.05, 3.63) is 31.9 Å². The Kier molecular flexibility index (Phi) is 3.88. The van der Waals surface area contributed by atoms with Crippen LogP contribution in [0.1, 0.15) is 29.3 Å². The van der Waals surface area contributed by atoms with Crippen molar-refractivity contribution in [2.45, 2.75) is 25.3 Å². The summed E-state index contributed by atoms with van der Waals surface area (Å²) >= 11 is 11.2. The zero-order chi connectivity index (χ0) is 10.8. The van der Waals surface area contributed by atoms with Gasteiger partial charge < -0.3 is 5.32 Å². The molecule has 0 saturated carbocycles. The number of nitrogens with one attached hydrogen (secondary N) is 1. The maximum absolute atomic E-state index is 5.77. The number of aryl methyl sites for hydroxylation is 1. The van der Waals surface area contributed by atoms with Crippen LogP contribution >= 0.6 is 38.9 Å². The van der Waals surface area contributed by atoms with E-state index < -0.39 is 0 Å². The molecule has 1 aromatic rings. The van der Waals surface area contributed by atoms with E-state index in [-0.39, 0.29) is 0 Å². The predicted molar refractivity (Wildman–Crippen MR) is 70.7 cm³/mol. The second-order valence-electron chi connectivity index (χ2n) is 3.77. The second-order valence-corrected chi connectivity index (χ2v) is 6.82. The van der Waals surface area contributed by atoms with E-state index in [0.717, 1.165) is 0 Å². The van der Waals surface area contributed by atoms with Crippen molar-refractivity contribution in [3.8, 4) is 0 Å². The summed E-state index contributed by atoms with van der Waals surface area (Å²) in [7, 11) is 0. The smallest absolute Gasteiger partial charge is 0.0704 e. The number of thiophene rings is 1. The van der Waals surface area contributed by atoms with Crippen LogP contribution in [0.4, 0.5) is 0 Å². The summed E-state index contributed by atoms with van der Waals surface area (Å²) in [6.45, 7) is 4.39. The summed E-state index contributed by atoms with van der Waals surface area (Å²) in [6, 6.07) is 2.68. The van der Waals surface area contributed by atoms with Gasteiger partial charge in [-0.3, -0.25) is 0 Å². The first-order chi connectivity index (χ1) is 7.16. The Hall–Kier alpha value is 0.170. The highest BCUT2D eigenvalue weighted by atomic mass is 79.9. The van der Waals surface area contributed by atoms with Crippen LogP contribution in [-0.4, -0.2) is 6.54 Å². The molecule has 4 heteroatoms. The molecular weight excluding hydrogens is 294 g/mol. The van der Waals surface area contributed by atoms with Gasteiger partial charge in [0.05, 0.1) is 3.79 Å². The molecule has 0 bridgehead atoms. The van der Waals surface area contributed by atoms with Gasteiger partial charge in [-0.15, -0.1) is 11.3 Å². The normalized spacial score (nSPS) is 20.0. The van der Waals surface area contributed by atoms with Gasteiger partial charge in [0, 0.05) is 22.5 Å². The molecule has 1 aromatic heterocycles. The lowest BCUT2D eigenvalue weighted by Crippen LogP contribution is -2.25. The quantitative estimate of drug-likeness (QED) is 0.881. The third-order valence-electron chi connectivity index (χ3n) is 2.62. The van der Waals surface area contributed by atoms with Gasteiger partial charge in [-0.1, -0.05) is 18.2 Å². The van der Waals surface area contributed by atoms with Crippen LogP contribution in [0, 0.1) is 0 Å². The van der Waals surface area contributed by atoms with E-state index in [2.05, 4.69) is 33.9 Å². The third-order valence-corrected chi connectivity index (χ3v) is 4.47. The molecule has 1 heterocycles. The van der Waals surface area contributed by atoms with Crippen molar-refractivity contribution in [1.82, 2.24) is 5.32 Å². The summed E-state index contributed by atoms with van der Waals surface area (Å²) < 4.78 is 1.23. The standard InChI is InChI=1S/C11H13BrClNS/c1-7(13)6-14-9-3-2-4-10-8(9)5-11(12)15-10/h5,9,14H,1-4,6H2. The lowest BCUT2D eigenvalue weighted by molar-refractivity contribution is 0.484. The summed E-state index contributed by atoms with van der Waals surface area (Å²) in [5.41, 5.74) is 1.44. The third kappa shape index (κ3) is 2.84. The largest absolute Gasteiger partial charge is 0.305 e. The first-order valence-corrected chi connectivity index (χ1v) is 7.00. The van der Waals surface area contributed by atoms with Crippen LogP contribution in [0.5, 0.6) is 0 Å². The van der Waals surface area contributed by atoms with E-state index in [1.54, 1.807) is 0 Å². The molecule has 0 spiro atoms. The molecule has 0 fully saturated rings. The Labute approximate surface area is 108 Å². The van der Waals surface area contributed by atoms with E-state index in [9.17, 15) is 0 Å². The Bertz CT molecular complexity index is 375. The molecule has 1 aliphatic carbocycles. The summed E-state index contributed by atoms with van der Waals surface area (Å²) in [5, 5.41) is 4.12. The van der Waals surface area contributed by atoms with Gasteiger partial charge in [0.2, 0.25) is 0 Å². The lowest BCUT2D eigenvalue weighted by atomic mass is 9.94. The molecule has 2 rings (SSSR count). The zero-order valence-electron chi connectivity index (χ0n) is 8.35. The average Bonchev–Trinajstić information content (AvgIpc) is 2.55. The molecule has 1 N–H and O–H groups in total. The van der Waals surface area contributed by atoms with Crippen LogP contribution in [0.15, 0.2) is 21.5 Å². The summed E-state index contributed by atoms with van der Waals surface area (Å²) in [6.07, 6.45) is 3.67. The van der Waals surface area contributed by atoms with Gasteiger partial charge in [-0.2, -0.15) is 0 Å². The molecule has 0 aromatic carbocycles. The molecule has 1 aliphatic rings. The van der Waals surface area contributed by atoms with Gasteiger partial charge in [0.15, 0.2) is 0 Å². The Morgan fingerprint density at radius 2 is 2.53 bits per heavy atom. The Balaban J connectivity index is 2.11. The average molecular weight is 307 g/mol. The highest BCUT2D eigenvalue weighted by Crippen LogP contribution is 2.37. The molecule has 82 valence electrons. The first kappa shape index (κ1) is 11.6. The van der Waals surface area contributed by atoms with Crippen molar-refractivity contribution < 1.29 is 0 Å². The topological polar surface area (TPSA) is 12.0 Å². The van der Waals surface area contributed by atoms with E-state index in [1.807, 2.05) is 11.3 Å². The minimum Gasteiger partial charge on any atom is -0.305 e. The molecule has 1 unspecified atom stereocenters. The van der Waals surface area contributed by atoms with Gasteiger partial charge in [-0.05, 0) is 46.8 Å². The van der Waals surface area contributed by atoms with Gasteiger partial charge >= 0.3 is 0 Å². The second kappa shape index (κ2) is 5.00. The Morgan fingerprint density at radius 1 is 1.73 bits per heavy atom. The fourth-order valence-electron chi connectivity index (χ4n) is 1.97. The number of fused-ring (bicyclic) bond motifs is 1. The minimum absolute atomic E-state index is 0.451. The van der Waals surface area contributed by atoms with Crippen LogP contribution in [0.3, 0.4) is 0 Å². The van der Waals surface area contributed by atoms with Crippen molar-refractivity contribution in [3.63, 3.8) is 0 Å². The van der Waals surface area contributed by atoms with Crippen molar-refractivity contribution in [1.29, 1.82) is 0 Å². The highest BCUT2D eigenvalue weighted by molar-refractivity contribution is 9.11. The molecule has 0 aliphatic heterocycles. The fourth-order valence-corrected chi connectivity index (χ4v) is 3.86. The van der Waals surface area contributed by atoms with Crippen molar-refractivity contribution in [2.24, 2.45) is 0 Å². The fraction of sp³-hybridized carbons (Fsp3) is 0.455. The SMILES string of the molecule is C=C(Cl)CNC1CCCc2sc(Br)cc21. The molecule has 0 radical (unpaired) electrons. The van der Waals surface area contributed by atoms with Gasteiger partial charge in [0.25, 0.3) is 0 Å². The van der Waals surface area contributed by atoms with Gasteiger partial charge in [0.1, 0.15) is 0 Å². The highest BCUT2D eigenvalue weighted by Gasteiger charge is 2.21. The number of hydrogen-bond acceptors (Lipinski definition) is 2. The number of halogens is 2. The monoisotopic (exact) mass is 305 g/mol. The van der Waals surface area contributed by atoms with Crippen LogP contribution < -0.4 is 5.32 Å². The summed E-state index contributed by atoms with van der Waals surface area (Å²) in [4.78, 5) is 1.51. The Morgan fingerprint density at radius 3 is 3.27 bits per heavy atom. The van der Waals surface area contributed by atoms with Crippen LogP contribution in [0.2, 0.25) is 0 Å². The zero-order valence-corrected chi connectivity index (χ0v) is 11.5. The maximum atomic E-state index is 5.77. The van der Waals surface area contributed by atoms with Crippen LogP contribution in [0.25, 0.3) is 0 Å². The predicted octanol–water partition coefficient (Wildman–Crippen LogP) is 4.23. The number of rotatable bonds is 3.